The van der Waals surface area contributed by atoms with Gasteiger partial charge in [0.1, 0.15) is 0 Å². The molecule has 0 radical (unpaired) electrons. The minimum atomic E-state index is 0.313. The molecule has 4 heteroatoms. The normalized spacial score (nSPS) is 13.6. The van der Waals surface area contributed by atoms with Gasteiger partial charge in [-0.2, -0.15) is 0 Å². The number of hydrogen-bond acceptors (Lipinski definition) is 1. The molecule has 2 aliphatic heterocycles. The second kappa shape index (κ2) is 6.22. The Hall–Kier alpha value is -2.09. The molecule has 126 valence electrons. The van der Waals surface area contributed by atoms with Gasteiger partial charge >= 0.3 is 172 Å². The van der Waals surface area contributed by atoms with Gasteiger partial charge < -0.3 is 0 Å². The van der Waals surface area contributed by atoms with Crippen molar-refractivity contribution in [3.8, 4) is 11.3 Å². The van der Waals surface area contributed by atoms with Gasteiger partial charge in [-0.3, -0.25) is 0 Å². The quantitative estimate of drug-likeness (QED) is 0.286. The monoisotopic (exact) mass is 475 g/mol. The fourth-order valence-corrected chi connectivity index (χ4v) is 9.62. The molecule has 6 rings (SSSR count). The summed E-state index contributed by atoms with van der Waals surface area (Å²) in [5.74, 6) is 0. The van der Waals surface area contributed by atoms with Crippen LogP contribution < -0.4 is 34.2 Å². The summed E-state index contributed by atoms with van der Waals surface area (Å²) in [5.41, 5.74) is 6.98. The zero-order valence-corrected chi connectivity index (χ0v) is 17.9. The fourth-order valence-electron chi connectivity index (χ4n) is 4.13. The number of rotatable bonds is 1. The van der Waals surface area contributed by atoms with Crippen LogP contribution in [0, 0.1) is 0 Å². The molecule has 4 aromatic rings. The van der Waals surface area contributed by atoms with Crippen LogP contribution in [-0.4, -0.2) is 41.6 Å². The standard InChI is InChI=1S/C23H14BNSe2/c1-2-11-19-16(8-1)24-17-9-5-7-15(18-10-3-4-14-25-18)23(17)27-21-13-6-12-20(26-19)22(21)24/h1-14H. The Morgan fingerprint density at radius 3 is 2.26 bits per heavy atom. The van der Waals surface area contributed by atoms with E-state index in [1.807, 2.05) is 12.3 Å². The number of fused-ring (bicyclic) bond motifs is 4. The van der Waals surface area contributed by atoms with Crippen LogP contribution in [0.5, 0.6) is 0 Å². The molecule has 0 spiro atoms. The van der Waals surface area contributed by atoms with Gasteiger partial charge in [0.05, 0.1) is 0 Å². The number of benzene rings is 3. The van der Waals surface area contributed by atoms with E-state index < -0.39 is 0 Å². The van der Waals surface area contributed by atoms with E-state index in [4.69, 9.17) is 0 Å². The van der Waals surface area contributed by atoms with Gasteiger partial charge in [-0.25, -0.2) is 0 Å². The summed E-state index contributed by atoms with van der Waals surface area (Å²) < 4.78 is 6.16. The fraction of sp³-hybridized carbons (Fsp3) is 0. The Morgan fingerprint density at radius 2 is 1.37 bits per heavy atom. The van der Waals surface area contributed by atoms with Crippen LogP contribution in [0.15, 0.2) is 85.1 Å². The van der Waals surface area contributed by atoms with Crippen molar-refractivity contribution in [1.29, 1.82) is 0 Å². The van der Waals surface area contributed by atoms with E-state index in [-0.39, 0.29) is 0 Å². The van der Waals surface area contributed by atoms with Crippen molar-refractivity contribution in [1.82, 2.24) is 4.98 Å². The first-order valence-corrected chi connectivity index (χ1v) is 12.4. The summed E-state index contributed by atoms with van der Waals surface area (Å²) >= 11 is 0.721. The van der Waals surface area contributed by atoms with Crippen molar-refractivity contribution in [2.75, 3.05) is 0 Å². The molecule has 0 atom stereocenters. The van der Waals surface area contributed by atoms with Crippen molar-refractivity contribution in [2.24, 2.45) is 0 Å². The van der Waals surface area contributed by atoms with Crippen LogP contribution in [0.1, 0.15) is 0 Å². The van der Waals surface area contributed by atoms with Crippen LogP contribution in [0.25, 0.3) is 11.3 Å². The second-order valence-electron chi connectivity index (χ2n) is 6.78. The number of aromatic nitrogens is 1. The molecule has 2 aliphatic rings. The van der Waals surface area contributed by atoms with Crippen molar-refractivity contribution < 1.29 is 0 Å². The third kappa shape index (κ3) is 2.42. The van der Waals surface area contributed by atoms with E-state index >= 15 is 0 Å². The van der Waals surface area contributed by atoms with Gasteiger partial charge in [-0.15, -0.1) is 0 Å². The molecular weight excluding hydrogens is 459 g/mol. The molecule has 0 saturated carbocycles. The first kappa shape index (κ1) is 15.9. The summed E-state index contributed by atoms with van der Waals surface area (Å²) in [7, 11) is 0. The average Bonchev–Trinajstić information content (AvgIpc) is 2.74. The average molecular weight is 473 g/mol. The summed E-state index contributed by atoms with van der Waals surface area (Å²) in [4.78, 5) is 4.65. The SMILES string of the molecule is c1ccc(-c2cccc3c2[Se]c2cccc4c2B3c2ccccc2[Se]4)nc1. The van der Waals surface area contributed by atoms with Crippen LogP contribution in [0.2, 0.25) is 0 Å². The van der Waals surface area contributed by atoms with E-state index in [9.17, 15) is 0 Å². The van der Waals surface area contributed by atoms with E-state index in [1.54, 1.807) is 14.4 Å². The van der Waals surface area contributed by atoms with Crippen molar-refractivity contribution in [2.45, 2.75) is 0 Å². The van der Waals surface area contributed by atoms with Gasteiger partial charge in [-0.05, 0) is 0 Å². The molecule has 3 aromatic carbocycles. The predicted octanol–water partition coefficient (Wildman–Crippen LogP) is -0.798. The second-order valence-corrected chi connectivity index (χ2v) is 11.3. The molecular formula is C23H14BNSe2. The maximum atomic E-state index is 4.65. The van der Waals surface area contributed by atoms with Gasteiger partial charge in [0.25, 0.3) is 0 Å². The Balaban J connectivity index is 1.66. The van der Waals surface area contributed by atoms with Crippen LogP contribution in [-0.2, 0) is 0 Å². The summed E-state index contributed by atoms with van der Waals surface area (Å²) in [5, 5.41) is 0. The van der Waals surface area contributed by atoms with Gasteiger partial charge in [-0.1, -0.05) is 0 Å². The molecule has 0 fully saturated rings. The van der Waals surface area contributed by atoms with Gasteiger partial charge in [0.15, 0.2) is 0 Å². The topological polar surface area (TPSA) is 12.9 Å². The van der Waals surface area contributed by atoms with E-state index in [0.29, 0.717) is 36.6 Å². The molecule has 0 amide bonds. The Morgan fingerprint density at radius 1 is 0.630 bits per heavy atom. The number of nitrogens with zero attached hydrogens (tertiary/aromatic N) is 1. The van der Waals surface area contributed by atoms with Crippen LogP contribution in [0.4, 0.5) is 0 Å². The van der Waals surface area contributed by atoms with Gasteiger partial charge in [0.2, 0.25) is 0 Å². The molecule has 0 saturated heterocycles. The zero-order valence-electron chi connectivity index (χ0n) is 14.4. The number of pyridine rings is 1. The van der Waals surface area contributed by atoms with Crippen molar-refractivity contribution in [3.63, 3.8) is 0 Å². The summed E-state index contributed by atoms with van der Waals surface area (Å²) in [6.45, 7) is 0.373. The van der Waals surface area contributed by atoms with Crippen LogP contribution in [0.3, 0.4) is 0 Å². The molecule has 0 unspecified atom stereocenters. The molecule has 1 aromatic heterocycles. The molecule has 1 nitrogen and oxygen atoms in total. The summed E-state index contributed by atoms with van der Waals surface area (Å²) in [6, 6.07) is 29.1. The van der Waals surface area contributed by atoms with E-state index in [1.165, 1.54) is 25.4 Å². The zero-order chi connectivity index (χ0) is 17.8. The third-order valence-electron chi connectivity index (χ3n) is 5.27. The summed E-state index contributed by atoms with van der Waals surface area (Å²) in [6.07, 6.45) is 1.90. The van der Waals surface area contributed by atoms with E-state index in [0.717, 1.165) is 5.69 Å². The molecule has 3 heterocycles. The van der Waals surface area contributed by atoms with Crippen molar-refractivity contribution >= 4 is 70.9 Å². The molecule has 0 bridgehead atoms. The van der Waals surface area contributed by atoms with Gasteiger partial charge in [0, 0.05) is 0 Å². The minimum absolute atomic E-state index is 0.313. The van der Waals surface area contributed by atoms with Crippen molar-refractivity contribution in [3.05, 3.63) is 85.1 Å². The van der Waals surface area contributed by atoms with E-state index in [2.05, 4.69) is 77.8 Å². The first-order valence-electron chi connectivity index (χ1n) is 9.02. The Kier molecular flexibility index (Phi) is 3.67. The molecule has 0 aliphatic carbocycles. The third-order valence-corrected chi connectivity index (χ3v) is 10.3. The molecule has 0 N–H and O–H groups in total. The first-order chi connectivity index (χ1) is 13.4. The van der Waals surface area contributed by atoms with Crippen LogP contribution >= 0.6 is 0 Å². The molecule has 27 heavy (non-hydrogen) atoms. The Labute approximate surface area is 171 Å². The maximum absolute atomic E-state index is 4.65. The predicted molar refractivity (Wildman–Crippen MR) is 117 cm³/mol. The number of hydrogen-bond donors (Lipinski definition) is 0. The Bertz CT molecular complexity index is 1190.